The molecule has 1 unspecified atom stereocenters. The van der Waals surface area contributed by atoms with Crippen molar-refractivity contribution < 1.29 is 0 Å². The molecule has 0 saturated heterocycles. The van der Waals surface area contributed by atoms with Gasteiger partial charge >= 0.3 is 0 Å². The number of hydrogen-bond donors (Lipinski definition) is 1. The van der Waals surface area contributed by atoms with Crippen LogP contribution in [0.2, 0.25) is 0 Å². The van der Waals surface area contributed by atoms with Crippen molar-refractivity contribution in [2.45, 2.75) is 5.50 Å². The van der Waals surface area contributed by atoms with Crippen molar-refractivity contribution in [3.05, 3.63) is 28.1 Å². The average molecular weight is 172 g/mol. The molecule has 1 N–H and O–H groups in total. The van der Waals surface area contributed by atoms with Gasteiger partial charge in [0.05, 0.1) is 0 Å². The summed E-state index contributed by atoms with van der Waals surface area (Å²) in [5.41, 5.74) is 1.15. The van der Waals surface area contributed by atoms with Crippen LogP contribution in [0.5, 0.6) is 0 Å². The van der Waals surface area contributed by atoms with E-state index >= 15 is 0 Å². The molecule has 10 heavy (non-hydrogen) atoms. The Hall–Kier alpha value is -0.470. The Morgan fingerprint density at radius 1 is 1.60 bits per heavy atom. The Balaban J connectivity index is 2.52. The lowest BCUT2D eigenvalue weighted by molar-refractivity contribution is 0.827. The van der Waals surface area contributed by atoms with Crippen LogP contribution in [0.4, 0.5) is 0 Å². The lowest BCUT2D eigenvalue weighted by Gasteiger charge is -2.13. The molecule has 0 amide bonds. The third kappa shape index (κ3) is 0.842. The lowest BCUT2D eigenvalue weighted by atomic mass is 10.2. The fraction of sp³-hybridized carbons (Fsp3) is 0.143. The molecule has 0 spiro atoms. The topological polar surface area (TPSA) is 12.0 Å². The van der Waals surface area contributed by atoms with E-state index in [0.717, 1.165) is 0 Å². The van der Waals surface area contributed by atoms with E-state index in [1.807, 2.05) is 18.3 Å². The predicted octanol–water partition coefficient (Wildman–Crippen LogP) is 2.56. The molecule has 0 aromatic carbocycles. The van der Waals surface area contributed by atoms with E-state index in [1.54, 1.807) is 11.3 Å². The van der Waals surface area contributed by atoms with Crippen LogP contribution in [0.1, 0.15) is 15.9 Å². The van der Waals surface area contributed by atoms with E-state index in [-0.39, 0.29) is 5.50 Å². The van der Waals surface area contributed by atoms with Crippen LogP contribution in [0.25, 0.3) is 6.08 Å². The van der Waals surface area contributed by atoms with Crippen LogP contribution >= 0.6 is 22.9 Å². The van der Waals surface area contributed by atoms with E-state index < -0.39 is 0 Å². The lowest BCUT2D eigenvalue weighted by Crippen LogP contribution is -2.11. The van der Waals surface area contributed by atoms with Gasteiger partial charge in [-0.2, -0.15) is 0 Å². The van der Waals surface area contributed by atoms with Gasteiger partial charge in [0.1, 0.15) is 5.50 Å². The first-order valence-electron chi connectivity index (χ1n) is 3.02. The summed E-state index contributed by atoms with van der Waals surface area (Å²) in [5, 5.41) is 5.07. The van der Waals surface area contributed by atoms with Gasteiger partial charge in [-0.25, -0.2) is 0 Å². The smallest absolute Gasteiger partial charge is 0.128 e. The molecule has 0 radical (unpaired) electrons. The second kappa shape index (κ2) is 2.29. The second-order valence-corrected chi connectivity index (χ2v) is 3.49. The maximum Gasteiger partial charge on any atom is 0.128 e. The minimum Gasteiger partial charge on any atom is -0.371 e. The van der Waals surface area contributed by atoms with Crippen molar-refractivity contribution in [2.24, 2.45) is 0 Å². The Bertz CT molecular complexity index is 266. The SMILES string of the molecule is ClC1NC=Cc2sccc21. The minimum atomic E-state index is -0.0359. The van der Waals surface area contributed by atoms with Crippen LogP contribution in [0.15, 0.2) is 17.6 Å². The highest BCUT2D eigenvalue weighted by molar-refractivity contribution is 7.11. The molecule has 0 aliphatic carbocycles. The highest BCUT2D eigenvalue weighted by Crippen LogP contribution is 2.29. The Morgan fingerprint density at radius 2 is 2.50 bits per heavy atom. The number of nitrogens with one attached hydrogen (secondary N) is 1. The maximum atomic E-state index is 5.93. The third-order valence-electron chi connectivity index (χ3n) is 1.48. The minimum absolute atomic E-state index is 0.0359. The zero-order valence-corrected chi connectivity index (χ0v) is 6.75. The molecular weight excluding hydrogens is 166 g/mol. The molecule has 1 nitrogen and oxygen atoms in total. The Kier molecular flexibility index (Phi) is 1.43. The van der Waals surface area contributed by atoms with Crippen LogP contribution in [0.3, 0.4) is 0 Å². The number of halogens is 1. The van der Waals surface area contributed by atoms with E-state index in [9.17, 15) is 0 Å². The van der Waals surface area contributed by atoms with E-state index in [0.29, 0.717) is 0 Å². The Morgan fingerprint density at radius 3 is 3.30 bits per heavy atom. The van der Waals surface area contributed by atoms with Gasteiger partial charge in [-0.3, -0.25) is 0 Å². The van der Waals surface area contributed by atoms with Gasteiger partial charge in [-0.05, 0) is 23.7 Å². The first-order chi connectivity index (χ1) is 4.88. The van der Waals surface area contributed by atoms with Crippen molar-refractivity contribution >= 4 is 29.0 Å². The van der Waals surface area contributed by atoms with Crippen LogP contribution in [-0.2, 0) is 0 Å². The fourth-order valence-electron chi connectivity index (χ4n) is 0.974. The number of hydrogen-bond acceptors (Lipinski definition) is 2. The largest absolute Gasteiger partial charge is 0.371 e. The summed E-state index contributed by atoms with van der Waals surface area (Å²) in [6.45, 7) is 0. The molecule has 1 aliphatic rings. The number of fused-ring (bicyclic) bond motifs is 1. The van der Waals surface area contributed by atoms with Crippen LogP contribution in [-0.4, -0.2) is 0 Å². The van der Waals surface area contributed by atoms with Gasteiger partial charge in [0.25, 0.3) is 0 Å². The molecule has 1 aromatic heterocycles. The van der Waals surface area contributed by atoms with Crippen molar-refractivity contribution in [1.82, 2.24) is 5.32 Å². The predicted molar refractivity (Wildman–Crippen MR) is 45.1 cm³/mol. The number of thiophene rings is 1. The highest BCUT2D eigenvalue weighted by Gasteiger charge is 2.13. The molecule has 0 fully saturated rings. The van der Waals surface area contributed by atoms with Gasteiger partial charge in [0, 0.05) is 10.4 Å². The molecule has 1 aromatic rings. The first kappa shape index (κ1) is 6.25. The van der Waals surface area contributed by atoms with Crippen molar-refractivity contribution in [1.29, 1.82) is 0 Å². The zero-order valence-electron chi connectivity index (χ0n) is 5.17. The van der Waals surface area contributed by atoms with Crippen molar-refractivity contribution in [3.63, 3.8) is 0 Å². The molecule has 0 bridgehead atoms. The molecule has 2 rings (SSSR count). The van der Waals surface area contributed by atoms with Crippen molar-refractivity contribution in [3.8, 4) is 0 Å². The quantitative estimate of drug-likeness (QED) is 0.468. The van der Waals surface area contributed by atoms with E-state index in [1.165, 1.54) is 10.4 Å². The van der Waals surface area contributed by atoms with E-state index in [2.05, 4.69) is 10.7 Å². The summed E-state index contributed by atoms with van der Waals surface area (Å²) < 4.78 is 0. The monoisotopic (exact) mass is 171 g/mol. The van der Waals surface area contributed by atoms with Gasteiger partial charge < -0.3 is 5.32 Å². The number of alkyl halides is 1. The summed E-state index contributed by atoms with van der Waals surface area (Å²) in [6.07, 6.45) is 3.93. The summed E-state index contributed by atoms with van der Waals surface area (Å²) in [7, 11) is 0. The maximum absolute atomic E-state index is 5.93. The zero-order chi connectivity index (χ0) is 6.97. The summed E-state index contributed by atoms with van der Waals surface area (Å²) in [5.74, 6) is 0. The second-order valence-electron chi connectivity index (χ2n) is 2.10. The summed E-state index contributed by atoms with van der Waals surface area (Å²) in [4.78, 5) is 1.26. The molecule has 2 heterocycles. The Labute approximate surface area is 68.3 Å². The van der Waals surface area contributed by atoms with Crippen LogP contribution in [0, 0.1) is 0 Å². The van der Waals surface area contributed by atoms with Crippen molar-refractivity contribution in [2.75, 3.05) is 0 Å². The molecule has 52 valence electrons. The average Bonchev–Trinajstić information content (AvgIpc) is 2.36. The van der Waals surface area contributed by atoms with Gasteiger partial charge in [0.2, 0.25) is 0 Å². The molecule has 0 saturated carbocycles. The first-order valence-corrected chi connectivity index (χ1v) is 4.33. The van der Waals surface area contributed by atoms with Crippen LogP contribution < -0.4 is 5.32 Å². The molecule has 1 atom stereocenters. The summed E-state index contributed by atoms with van der Waals surface area (Å²) in [6, 6.07) is 2.05. The fourth-order valence-corrected chi connectivity index (χ4v) is 2.13. The summed E-state index contributed by atoms with van der Waals surface area (Å²) >= 11 is 7.65. The van der Waals surface area contributed by atoms with Gasteiger partial charge in [-0.15, -0.1) is 11.3 Å². The standard InChI is InChI=1S/C7H6ClNS/c8-7-5-2-4-10-6(5)1-3-9-7/h1-4,7,9H. The highest BCUT2D eigenvalue weighted by atomic mass is 35.5. The molecular formula is C7H6ClNS. The van der Waals surface area contributed by atoms with E-state index in [4.69, 9.17) is 11.6 Å². The number of rotatable bonds is 0. The molecule has 3 heteroatoms. The van der Waals surface area contributed by atoms with Gasteiger partial charge in [0.15, 0.2) is 0 Å². The molecule has 1 aliphatic heterocycles. The third-order valence-corrected chi connectivity index (χ3v) is 2.74. The van der Waals surface area contributed by atoms with Gasteiger partial charge in [-0.1, -0.05) is 11.6 Å². The normalized spacial score (nSPS) is 21.9.